The molecule has 2 rings (SSSR count). The number of rotatable bonds is 8. The molecule has 5 heteroatoms. The maximum atomic E-state index is 12.6. The van der Waals surface area contributed by atoms with E-state index in [2.05, 4.69) is 0 Å². The van der Waals surface area contributed by atoms with Gasteiger partial charge in [0.1, 0.15) is 0 Å². The van der Waals surface area contributed by atoms with E-state index in [0.29, 0.717) is 31.0 Å². The van der Waals surface area contributed by atoms with Gasteiger partial charge in [0.05, 0.1) is 0 Å². The van der Waals surface area contributed by atoms with Crippen LogP contribution in [0.25, 0.3) is 0 Å². The van der Waals surface area contributed by atoms with Gasteiger partial charge < -0.3 is 10.6 Å². The lowest BCUT2D eigenvalue weighted by Gasteiger charge is -2.22. The second-order valence-corrected chi connectivity index (χ2v) is 6.02. The molecule has 2 amide bonds. The Morgan fingerprint density at radius 2 is 1.62 bits per heavy atom. The maximum Gasteiger partial charge on any atom is 0.223 e. The molecule has 24 heavy (non-hydrogen) atoms. The fourth-order valence-electron chi connectivity index (χ4n) is 2.44. The number of hydrogen-bond acceptors (Lipinski definition) is 2. The van der Waals surface area contributed by atoms with Crippen molar-refractivity contribution in [1.29, 1.82) is 0 Å². The Labute approximate surface area is 147 Å². The molecule has 0 spiro atoms. The van der Waals surface area contributed by atoms with Gasteiger partial charge in [0.25, 0.3) is 0 Å². The van der Waals surface area contributed by atoms with Gasteiger partial charge in [-0.25, -0.2) is 0 Å². The van der Waals surface area contributed by atoms with E-state index in [1.807, 2.05) is 54.6 Å². The molecule has 0 bridgehead atoms. The number of aryl methyl sites for hydroxylation is 1. The summed E-state index contributed by atoms with van der Waals surface area (Å²) in [5.41, 5.74) is 7.19. The highest BCUT2D eigenvalue weighted by molar-refractivity contribution is 6.31. The van der Waals surface area contributed by atoms with Crippen LogP contribution in [0, 0.1) is 0 Å². The minimum Gasteiger partial charge on any atom is -0.370 e. The predicted octanol–water partition coefficient (Wildman–Crippen LogP) is 3.18. The van der Waals surface area contributed by atoms with Crippen molar-refractivity contribution in [3.8, 4) is 0 Å². The Kier molecular flexibility index (Phi) is 6.82. The van der Waals surface area contributed by atoms with Crippen molar-refractivity contribution in [3.63, 3.8) is 0 Å². The van der Waals surface area contributed by atoms with Gasteiger partial charge in [0.2, 0.25) is 11.8 Å². The van der Waals surface area contributed by atoms with Crippen LogP contribution < -0.4 is 5.73 Å². The second kappa shape index (κ2) is 9.08. The van der Waals surface area contributed by atoms with Crippen LogP contribution in [-0.2, 0) is 22.6 Å². The van der Waals surface area contributed by atoms with E-state index in [4.69, 9.17) is 17.3 Å². The predicted molar refractivity (Wildman–Crippen MR) is 95.4 cm³/mol. The van der Waals surface area contributed by atoms with E-state index >= 15 is 0 Å². The Morgan fingerprint density at radius 1 is 0.958 bits per heavy atom. The lowest BCUT2D eigenvalue weighted by Crippen LogP contribution is -2.33. The average molecular weight is 345 g/mol. The fraction of sp³-hybridized carbons (Fsp3) is 0.263. The van der Waals surface area contributed by atoms with E-state index in [0.717, 1.165) is 11.1 Å². The summed E-state index contributed by atoms with van der Waals surface area (Å²) < 4.78 is 0. The summed E-state index contributed by atoms with van der Waals surface area (Å²) >= 11 is 6.13. The highest BCUT2D eigenvalue weighted by Crippen LogP contribution is 2.17. The van der Waals surface area contributed by atoms with Gasteiger partial charge in [-0.15, -0.1) is 0 Å². The molecule has 0 saturated carbocycles. The van der Waals surface area contributed by atoms with E-state index in [-0.39, 0.29) is 12.3 Å². The molecule has 0 unspecified atom stereocenters. The molecule has 0 aromatic heterocycles. The summed E-state index contributed by atoms with van der Waals surface area (Å²) in [6, 6.07) is 17.2. The quantitative estimate of drug-likeness (QED) is 0.799. The van der Waals surface area contributed by atoms with E-state index in [1.165, 1.54) is 0 Å². The van der Waals surface area contributed by atoms with Crippen LogP contribution in [0.1, 0.15) is 24.0 Å². The molecule has 126 valence electrons. The van der Waals surface area contributed by atoms with Gasteiger partial charge in [-0.2, -0.15) is 0 Å². The molecule has 0 radical (unpaired) electrons. The zero-order chi connectivity index (χ0) is 17.4. The fourth-order valence-corrected chi connectivity index (χ4v) is 2.67. The molecule has 2 aromatic rings. The largest absolute Gasteiger partial charge is 0.370 e. The normalized spacial score (nSPS) is 10.4. The van der Waals surface area contributed by atoms with Crippen LogP contribution in [0.3, 0.4) is 0 Å². The maximum absolute atomic E-state index is 12.6. The minimum absolute atomic E-state index is 0.0139. The number of nitrogens with zero attached hydrogens (tertiary/aromatic N) is 1. The van der Waals surface area contributed by atoms with Gasteiger partial charge in [0, 0.05) is 31.0 Å². The van der Waals surface area contributed by atoms with Crippen molar-refractivity contribution in [1.82, 2.24) is 4.90 Å². The highest BCUT2D eigenvalue weighted by atomic mass is 35.5. The first kappa shape index (κ1) is 18.0. The van der Waals surface area contributed by atoms with Gasteiger partial charge >= 0.3 is 0 Å². The Bertz CT molecular complexity index is 689. The highest BCUT2D eigenvalue weighted by Gasteiger charge is 2.15. The third-order valence-electron chi connectivity index (χ3n) is 3.76. The van der Waals surface area contributed by atoms with Gasteiger partial charge in [0.15, 0.2) is 0 Å². The number of carbonyl (C=O) groups is 2. The van der Waals surface area contributed by atoms with Gasteiger partial charge in [-0.3, -0.25) is 9.59 Å². The van der Waals surface area contributed by atoms with Crippen LogP contribution in [0.4, 0.5) is 0 Å². The molecule has 4 nitrogen and oxygen atoms in total. The van der Waals surface area contributed by atoms with E-state index in [9.17, 15) is 9.59 Å². The number of nitrogens with two attached hydrogens (primary N) is 1. The zero-order valence-electron chi connectivity index (χ0n) is 13.5. The topological polar surface area (TPSA) is 63.4 Å². The third-order valence-corrected chi connectivity index (χ3v) is 4.13. The summed E-state index contributed by atoms with van der Waals surface area (Å²) in [5.74, 6) is -0.424. The van der Waals surface area contributed by atoms with Crippen LogP contribution in [0.2, 0.25) is 5.02 Å². The van der Waals surface area contributed by atoms with Crippen molar-refractivity contribution < 1.29 is 9.59 Å². The number of halogens is 1. The molecule has 2 aromatic carbocycles. The number of carbonyl (C=O) groups excluding carboxylic acids is 2. The van der Waals surface area contributed by atoms with Crippen molar-refractivity contribution in [2.24, 2.45) is 5.73 Å². The summed E-state index contributed by atoms with van der Waals surface area (Å²) in [5, 5.41) is 0.664. The van der Waals surface area contributed by atoms with Crippen molar-refractivity contribution in [3.05, 3.63) is 70.7 Å². The molecule has 0 aliphatic heterocycles. The minimum atomic E-state index is -0.410. The molecule has 0 aliphatic carbocycles. The second-order valence-electron chi connectivity index (χ2n) is 5.61. The number of benzene rings is 2. The van der Waals surface area contributed by atoms with Crippen molar-refractivity contribution in [2.45, 2.75) is 25.8 Å². The molecule has 0 aliphatic rings. The number of primary amides is 1. The molecular weight excluding hydrogens is 324 g/mol. The SMILES string of the molecule is NC(=O)CCN(Cc1ccccc1)C(=O)CCc1ccccc1Cl. The Hall–Kier alpha value is -2.33. The first-order valence-corrected chi connectivity index (χ1v) is 8.27. The molecular formula is C19H21ClN2O2. The van der Waals surface area contributed by atoms with Crippen molar-refractivity contribution >= 4 is 23.4 Å². The molecule has 0 saturated heterocycles. The molecule has 0 atom stereocenters. The smallest absolute Gasteiger partial charge is 0.223 e. The lowest BCUT2D eigenvalue weighted by atomic mass is 10.1. The number of hydrogen-bond donors (Lipinski definition) is 1. The first-order chi connectivity index (χ1) is 11.6. The summed E-state index contributed by atoms with van der Waals surface area (Å²) in [6.45, 7) is 0.793. The van der Waals surface area contributed by atoms with Crippen LogP contribution in [0.5, 0.6) is 0 Å². The van der Waals surface area contributed by atoms with Gasteiger partial charge in [-0.1, -0.05) is 60.1 Å². The van der Waals surface area contributed by atoms with Crippen LogP contribution >= 0.6 is 11.6 Å². The molecule has 2 N–H and O–H groups in total. The van der Waals surface area contributed by atoms with Crippen LogP contribution in [-0.4, -0.2) is 23.3 Å². The Morgan fingerprint density at radius 3 is 2.29 bits per heavy atom. The van der Waals surface area contributed by atoms with E-state index < -0.39 is 5.91 Å². The van der Waals surface area contributed by atoms with Gasteiger partial charge in [-0.05, 0) is 23.6 Å². The van der Waals surface area contributed by atoms with Crippen LogP contribution in [0.15, 0.2) is 54.6 Å². The summed E-state index contributed by atoms with van der Waals surface area (Å²) in [7, 11) is 0. The number of amides is 2. The third kappa shape index (κ3) is 5.70. The average Bonchev–Trinajstić information content (AvgIpc) is 2.58. The summed E-state index contributed by atoms with van der Waals surface area (Å²) in [4.78, 5) is 25.3. The summed E-state index contributed by atoms with van der Waals surface area (Å²) in [6.07, 6.45) is 1.07. The molecule has 0 fully saturated rings. The first-order valence-electron chi connectivity index (χ1n) is 7.89. The molecule has 0 heterocycles. The zero-order valence-corrected chi connectivity index (χ0v) is 14.2. The van der Waals surface area contributed by atoms with E-state index in [1.54, 1.807) is 4.90 Å². The lowest BCUT2D eigenvalue weighted by molar-refractivity contribution is -0.132. The monoisotopic (exact) mass is 344 g/mol. The Balaban J connectivity index is 2.00. The van der Waals surface area contributed by atoms with Crippen molar-refractivity contribution in [2.75, 3.05) is 6.54 Å². The standard InChI is InChI=1S/C19H21ClN2O2/c20-17-9-5-4-8-16(17)10-11-19(24)22(13-12-18(21)23)14-15-6-2-1-3-7-15/h1-9H,10-14H2,(H2,21,23).